The molecule has 3 rings (SSSR count). The van der Waals surface area contributed by atoms with Crippen LogP contribution in [0.4, 0.5) is 18.9 Å². The van der Waals surface area contributed by atoms with Crippen LogP contribution in [0, 0.1) is 11.8 Å². The molecule has 3 aromatic rings. The van der Waals surface area contributed by atoms with Gasteiger partial charge in [-0.3, -0.25) is 4.79 Å². The highest BCUT2D eigenvalue weighted by Gasteiger charge is 2.31. The van der Waals surface area contributed by atoms with Crippen LogP contribution in [-0.2, 0) is 21.1 Å². The summed E-state index contributed by atoms with van der Waals surface area (Å²) in [5, 5.41) is 2.79. The number of nitrogens with one attached hydrogen (secondary N) is 1. The molecule has 3 aromatic carbocycles. The molecule has 10 heteroatoms. The van der Waals surface area contributed by atoms with Crippen molar-refractivity contribution in [1.82, 2.24) is 0 Å². The first kappa shape index (κ1) is 28.6. The standard InChI is InChI=1S/C28H26F3NO5S/c1-4-38(34,35)25-15-7-21(8-16-25)19-26(33)32-22-9-5-20(6-10-22)17-18-27(2,3)36-23-11-13-24(14-12-23)37-28(29,30)31/h5-16H,4,19H2,1-3H3,(H,32,33). The fourth-order valence-electron chi connectivity index (χ4n) is 3.26. The van der Waals surface area contributed by atoms with Crippen molar-refractivity contribution in [3.8, 4) is 23.3 Å². The molecule has 0 atom stereocenters. The third-order valence-corrected chi connectivity index (χ3v) is 6.88. The summed E-state index contributed by atoms with van der Waals surface area (Å²) in [6.45, 7) is 5.02. The predicted octanol–water partition coefficient (Wildman–Crippen LogP) is 5.77. The topological polar surface area (TPSA) is 81.7 Å². The molecular weight excluding hydrogens is 519 g/mol. The first-order valence-electron chi connectivity index (χ1n) is 11.5. The predicted molar refractivity (Wildman–Crippen MR) is 138 cm³/mol. The van der Waals surface area contributed by atoms with E-state index in [1.54, 1.807) is 57.2 Å². The van der Waals surface area contributed by atoms with Crippen molar-refractivity contribution < 1.29 is 35.9 Å². The number of anilines is 1. The molecule has 1 amide bonds. The number of hydrogen-bond acceptors (Lipinski definition) is 5. The van der Waals surface area contributed by atoms with Crippen molar-refractivity contribution in [1.29, 1.82) is 0 Å². The minimum absolute atomic E-state index is 0.00962. The van der Waals surface area contributed by atoms with Gasteiger partial charge >= 0.3 is 6.36 Å². The normalized spacial score (nSPS) is 11.7. The van der Waals surface area contributed by atoms with E-state index in [9.17, 15) is 26.4 Å². The summed E-state index contributed by atoms with van der Waals surface area (Å²) in [5.74, 6) is 5.70. The van der Waals surface area contributed by atoms with E-state index >= 15 is 0 Å². The van der Waals surface area contributed by atoms with Crippen LogP contribution in [0.25, 0.3) is 0 Å². The Hall–Kier alpha value is -3.97. The van der Waals surface area contributed by atoms with Crippen LogP contribution >= 0.6 is 0 Å². The Morgan fingerprint density at radius 1 is 0.868 bits per heavy atom. The Bertz CT molecular complexity index is 1420. The van der Waals surface area contributed by atoms with Gasteiger partial charge in [0.1, 0.15) is 11.5 Å². The van der Waals surface area contributed by atoms with Crippen molar-refractivity contribution in [3.05, 3.63) is 83.9 Å². The number of carbonyl (C=O) groups excluding carboxylic acids is 1. The molecule has 0 heterocycles. The van der Waals surface area contributed by atoms with Crippen molar-refractivity contribution >= 4 is 21.4 Å². The average Bonchev–Trinajstić information content (AvgIpc) is 2.84. The second kappa shape index (κ2) is 11.6. The highest BCUT2D eigenvalue weighted by Crippen LogP contribution is 2.26. The van der Waals surface area contributed by atoms with Crippen LogP contribution in [0.2, 0.25) is 0 Å². The van der Waals surface area contributed by atoms with Gasteiger partial charge < -0.3 is 14.8 Å². The molecule has 0 radical (unpaired) electrons. The first-order chi connectivity index (χ1) is 17.7. The highest BCUT2D eigenvalue weighted by atomic mass is 32.2. The average molecular weight is 546 g/mol. The van der Waals surface area contributed by atoms with E-state index in [-0.39, 0.29) is 28.7 Å². The summed E-state index contributed by atoms with van der Waals surface area (Å²) in [6, 6.07) is 18.1. The van der Waals surface area contributed by atoms with Crippen molar-refractivity contribution in [2.24, 2.45) is 0 Å². The lowest BCUT2D eigenvalue weighted by molar-refractivity contribution is -0.274. The number of rotatable bonds is 8. The molecule has 0 aliphatic carbocycles. The van der Waals surface area contributed by atoms with Gasteiger partial charge in [-0.1, -0.05) is 30.9 Å². The number of ether oxygens (including phenoxy) is 2. The summed E-state index contributed by atoms with van der Waals surface area (Å²) in [5.41, 5.74) is 0.985. The van der Waals surface area contributed by atoms with Crippen LogP contribution in [-0.4, -0.2) is 32.0 Å². The van der Waals surface area contributed by atoms with Crippen LogP contribution in [0.1, 0.15) is 31.9 Å². The Labute approximate surface area is 219 Å². The maximum Gasteiger partial charge on any atom is 0.573 e. The minimum atomic E-state index is -4.76. The maximum absolute atomic E-state index is 12.4. The zero-order valence-electron chi connectivity index (χ0n) is 20.9. The van der Waals surface area contributed by atoms with Gasteiger partial charge in [0.2, 0.25) is 5.91 Å². The van der Waals surface area contributed by atoms with Gasteiger partial charge in [-0.15, -0.1) is 13.2 Å². The number of sulfone groups is 1. The second-order valence-electron chi connectivity index (χ2n) is 8.73. The van der Waals surface area contributed by atoms with Crippen LogP contribution in [0.3, 0.4) is 0 Å². The van der Waals surface area contributed by atoms with Crippen molar-refractivity contribution in [2.45, 2.75) is 44.1 Å². The van der Waals surface area contributed by atoms with Gasteiger partial charge in [-0.05, 0) is 80.1 Å². The molecule has 0 saturated heterocycles. The highest BCUT2D eigenvalue weighted by molar-refractivity contribution is 7.91. The fraction of sp³-hybridized carbons (Fsp3) is 0.250. The first-order valence-corrected chi connectivity index (χ1v) is 13.2. The van der Waals surface area contributed by atoms with E-state index in [0.29, 0.717) is 22.6 Å². The molecule has 0 aromatic heterocycles. The van der Waals surface area contributed by atoms with Crippen molar-refractivity contribution in [3.63, 3.8) is 0 Å². The zero-order chi connectivity index (χ0) is 28.0. The van der Waals surface area contributed by atoms with Gasteiger partial charge in [0.15, 0.2) is 15.4 Å². The van der Waals surface area contributed by atoms with E-state index in [4.69, 9.17) is 4.74 Å². The summed E-state index contributed by atoms with van der Waals surface area (Å²) >= 11 is 0. The van der Waals surface area contributed by atoms with Gasteiger partial charge in [-0.25, -0.2) is 8.42 Å². The van der Waals surface area contributed by atoms with E-state index < -0.39 is 21.8 Å². The van der Waals surface area contributed by atoms with Gasteiger partial charge in [0.25, 0.3) is 0 Å². The molecule has 0 saturated carbocycles. The van der Waals surface area contributed by atoms with E-state index in [1.165, 1.54) is 24.3 Å². The van der Waals surface area contributed by atoms with E-state index in [2.05, 4.69) is 21.9 Å². The van der Waals surface area contributed by atoms with E-state index in [0.717, 1.165) is 12.1 Å². The number of carbonyl (C=O) groups is 1. The summed E-state index contributed by atoms with van der Waals surface area (Å²) in [7, 11) is -3.29. The smallest absolute Gasteiger partial charge is 0.475 e. The number of amides is 1. The number of benzene rings is 3. The molecule has 6 nitrogen and oxygen atoms in total. The molecule has 0 unspecified atom stereocenters. The van der Waals surface area contributed by atoms with Crippen LogP contribution in [0.5, 0.6) is 11.5 Å². The largest absolute Gasteiger partial charge is 0.573 e. The molecule has 0 aliphatic heterocycles. The molecule has 0 spiro atoms. The second-order valence-corrected chi connectivity index (χ2v) is 11.0. The summed E-state index contributed by atoms with van der Waals surface area (Å²) < 4.78 is 70.3. The van der Waals surface area contributed by atoms with Crippen LogP contribution < -0.4 is 14.8 Å². The fourth-order valence-corrected chi connectivity index (χ4v) is 4.15. The minimum Gasteiger partial charge on any atom is -0.475 e. The quantitative estimate of drug-likeness (QED) is 0.364. The molecule has 1 N–H and O–H groups in total. The maximum atomic E-state index is 12.4. The van der Waals surface area contributed by atoms with Crippen molar-refractivity contribution in [2.75, 3.05) is 11.1 Å². The monoisotopic (exact) mass is 545 g/mol. The lowest BCUT2D eigenvalue weighted by atomic mass is 10.1. The van der Waals surface area contributed by atoms with Gasteiger partial charge in [-0.2, -0.15) is 0 Å². The van der Waals surface area contributed by atoms with Crippen LogP contribution in [0.15, 0.2) is 77.7 Å². The summed E-state index contributed by atoms with van der Waals surface area (Å²) in [4.78, 5) is 12.6. The molecule has 0 aliphatic rings. The molecule has 200 valence electrons. The molecule has 38 heavy (non-hydrogen) atoms. The molecule has 0 fully saturated rings. The zero-order valence-corrected chi connectivity index (χ0v) is 21.7. The number of hydrogen-bond donors (Lipinski definition) is 1. The molecule has 0 bridgehead atoms. The third kappa shape index (κ3) is 8.85. The van der Waals surface area contributed by atoms with Gasteiger partial charge in [0.05, 0.1) is 17.1 Å². The Morgan fingerprint density at radius 3 is 1.95 bits per heavy atom. The lowest BCUT2D eigenvalue weighted by Crippen LogP contribution is -2.25. The van der Waals surface area contributed by atoms with Gasteiger partial charge in [0, 0.05) is 11.3 Å². The lowest BCUT2D eigenvalue weighted by Gasteiger charge is -2.20. The third-order valence-electron chi connectivity index (χ3n) is 5.13. The summed E-state index contributed by atoms with van der Waals surface area (Å²) in [6.07, 6.45) is -4.68. The Kier molecular flexibility index (Phi) is 8.74. The SMILES string of the molecule is CCS(=O)(=O)c1ccc(CC(=O)Nc2ccc(C#CC(C)(C)Oc3ccc(OC(F)(F)F)cc3)cc2)cc1. The Morgan fingerprint density at radius 2 is 1.42 bits per heavy atom. The Balaban J connectivity index is 1.55. The molecular formula is C28H26F3NO5S. The number of alkyl halides is 3. The number of halogens is 3. The van der Waals surface area contributed by atoms with E-state index in [1.807, 2.05) is 0 Å².